The van der Waals surface area contributed by atoms with Gasteiger partial charge in [0.1, 0.15) is 11.5 Å². The summed E-state index contributed by atoms with van der Waals surface area (Å²) in [4.78, 5) is 0. The Balaban J connectivity index is 2.31. The zero-order chi connectivity index (χ0) is 11.5. The zero-order valence-electron chi connectivity index (χ0n) is 8.84. The molecular weight excluding hydrogens is 209 g/mol. The van der Waals surface area contributed by atoms with E-state index in [-0.39, 0.29) is 5.82 Å². The minimum absolute atomic E-state index is 0.328. The molecule has 0 saturated carbocycles. The molecule has 0 aliphatic heterocycles. The number of nitrogens with zero attached hydrogens (tertiary/aromatic N) is 3. The fraction of sp³-hybridized carbons (Fsp3) is 0.273. The van der Waals surface area contributed by atoms with Gasteiger partial charge in [-0.1, -0.05) is 18.2 Å². The Hall–Kier alpha value is -1.75. The van der Waals surface area contributed by atoms with Crippen LogP contribution in [0.3, 0.4) is 0 Å². The van der Waals surface area contributed by atoms with Crippen LogP contribution in [0.2, 0.25) is 0 Å². The fourth-order valence-corrected chi connectivity index (χ4v) is 1.38. The number of aliphatic hydroxyl groups is 1. The van der Waals surface area contributed by atoms with Gasteiger partial charge in [0.2, 0.25) is 0 Å². The summed E-state index contributed by atoms with van der Waals surface area (Å²) in [5.74, 6) is -0.328. The normalized spacial score (nSPS) is 12.7. The highest BCUT2D eigenvalue weighted by atomic mass is 19.1. The first-order valence-electron chi connectivity index (χ1n) is 5.07. The van der Waals surface area contributed by atoms with Gasteiger partial charge in [-0.05, 0) is 24.6 Å². The molecular formula is C11H12FN3O. The monoisotopic (exact) mass is 221 g/mol. The van der Waals surface area contributed by atoms with Crippen molar-refractivity contribution in [1.29, 1.82) is 0 Å². The lowest BCUT2D eigenvalue weighted by molar-refractivity contribution is 0.169. The minimum Gasteiger partial charge on any atom is -0.387 e. The summed E-state index contributed by atoms with van der Waals surface area (Å²) in [6, 6.07) is 6.04. The molecule has 0 spiro atoms. The standard InChI is InChI=1S/C11H12FN3O/c1-2-11(16)10-7-15(14-13-10)9-5-3-4-8(12)6-9/h3-7,11,16H,2H2,1H3. The van der Waals surface area contributed by atoms with Crippen LogP contribution in [0.4, 0.5) is 4.39 Å². The van der Waals surface area contributed by atoms with Crippen LogP contribution in [0.15, 0.2) is 30.5 Å². The minimum atomic E-state index is -0.623. The Kier molecular flexibility index (Phi) is 2.96. The molecule has 16 heavy (non-hydrogen) atoms. The van der Waals surface area contributed by atoms with Gasteiger partial charge in [0.25, 0.3) is 0 Å². The number of rotatable bonds is 3. The maximum absolute atomic E-state index is 13.0. The van der Waals surface area contributed by atoms with E-state index >= 15 is 0 Å². The summed E-state index contributed by atoms with van der Waals surface area (Å²) >= 11 is 0. The SMILES string of the molecule is CCC(O)c1cn(-c2cccc(F)c2)nn1. The Morgan fingerprint density at radius 2 is 2.31 bits per heavy atom. The Morgan fingerprint density at radius 1 is 1.50 bits per heavy atom. The first kappa shape index (κ1) is 10.8. The topological polar surface area (TPSA) is 50.9 Å². The molecule has 1 aromatic carbocycles. The van der Waals surface area contributed by atoms with E-state index in [0.29, 0.717) is 17.8 Å². The third-order valence-electron chi connectivity index (χ3n) is 2.31. The van der Waals surface area contributed by atoms with Crippen molar-refractivity contribution in [3.63, 3.8) is 0 Å². The second-order valence-electron chi connectivity index (χ2n) is 3.49. The molecule has 2 rings (SSSR count). The van der Waals surface area contributed by atoms with Gasteiger partial charge in [0, 0.05) is 0 Å². The van der Waals surface area contributed by atoms with E-state index in [1.54, 1.807) is 18.3 Å². The van der Waals surface area contributed by atoms with Gasteiger partial charge in [-0.2, -0.15) is 0 Å². The van der Waals surface area contributed by atoms with Gasteiger partial charge in [-0.25, -0.2) is 9.07 Å². The molecule has 1 N–H and O–H groups in total. The molecule has 2 aromatic rings. The highest BCUT2D eigenvalue weighted by molar-refractivity contribution is 5.31. The lowest BCUT2D eigenvalue weighted by Gasteiger charge is -2.01. The molecule has 84 valence electrons. The summed E-state index contributed by atoms with van der Waals surface area (Å²) in [7, 11) is 0. The van der Waals surface area contributed by atoms with Crippen molar-refractivity contribution >= 4 is 0 Å². The van der Waals surface area contributed by atoms with E-state index in [0.717, 1.165) is 0 Å². The Labute approximate surface area is 92.3 Å². The van der Waals surface area contributed by atoms with Crippen LogP contribution in [0.1, 0.15) is 25.1 Å². The number of hydrogen-bond acceptors (Lipinski definition) is 3. The number of benzene rings is 1. The maximum Gasteiger partial charge on any atom is 0.125 e. The van der Waals surface area contributed by atoms with Gasteiger partial charge in [0.05, 0.1) is 18.0 Å². The first-order valence-corrected chi connectivity index (χ1v) is 5.07. The molecule has 0 saturated heterocycles. The van der Waals surface area contributed by atoms with Crippen LogP contribution >= 0.6 is 0 Å². The molecule has 4 nitrogen and oxygen atoms in total. The van der Waals surface area contributed by atoms with Gasteiger partial charge in [0.15, 0.2) is 0 Å². The Bertz CT molecular complexity index is 484. The van der Waals surface area contributed by atoms with Crippen LogP contribution in [0.25, 0.3) is 5.69 Å². The van der Waals surface area contributed by atoms with Crippen molar-refractivity contribution in [3.8, 4) is 5.69 Å². The van der Waals surface area contributed by atoms with Crippen LogP contribution < -0.4 is 0 Å². The molecule has 1 atom stereocenters. The predicted molar refractivity (Wildman–Crippen MR) is 56.6 cm³/mol. The van der Waals surface area contributed by atoms with Crippen LogP contribution in [-0.2, 0) is 0 Å². The highest BCUT2D eigenvalue weighted by Gasteiger charge is 2.10. The van der Waals surface area contributed by atoms with Crippen molar-refractivity contribution in [3.05, 3.63) is 42.0 Å². The molecule has 0 radical (unpaired) electrons. The molecule has 1 heterocycles. The highest BCUT2D eigenvalue weighted by Crippen LogP contribution is 2.15. The average Bonchev–Trinajstić information content (AvgIpc) is 2.77. The third-order valence-corrected chi connectivity index (χ3v) is 2.31. The van der Waals surface area contributed by atoms with Crippen molar-refractivity contribution in [2.24, 2.45) is 0 Å². The van der Waals surface area contributed by atoms with Crippen LogP contribution in [0.5, 0.6) is 0 Å². The molecule has 1 aromatic heterocycles. The van der Waals surface area contributed by atoms with Crippen molar-refractivity contribution < 1.29 is 9.50 Å². The number of aliphatic hydroxyl groups excluding tert-OH is 1. The third kappa shape index (κ3) is 2.09. The van der Waals surface area contributed by atoms with E-state index in [1.165, 1.54) is 16.8 Å². The van der Waals surface area contributed by atoms with Crippen molar-refractivity contribution in [2.45, 2.75) is 19.4 Å². The van der Waals surface area contributed by atoms with Gasteiger partial charge in [-0.15, -0.1) is 5.10 Å². The molecule has 5 heteroatoms. The van der Waals surface area contributed by atoms with Gasteiger partial charge in [-0.3, -0.25) is 0 Å². The average molecular weight is 221 g/mol. The molecule has 0 fully saturated rings. The lowest BCUT2D eigenvalue weighted by Crippen LogP contribution is -1.95. The van der Waals surface area contributed by atoms with E-state index in [1.807, 2.05) is 6.92 Å². The van der Waals surface area contributed by atoms with E-state index in [4.69, 9.17) is 0 Å². The smallest absolute Gasteiger partial charge is 0.125 e. The largest absolute Gasteiger partial charge is 0.387 e. The summed E-state index contributed by atoms with van der Waals surface area (Å²) in [5, 5.41) is 17.2. The molecule has 0 bridgehead atoms. The second-order valence-corrected chi connectivity index (χ2v) is 3.49. The molecule has 0 aliphatic carbocycles. The summed E-state index contributed by atoms with van der Waals surface area (Å²) in [5.41, 5.74) is 1.08. The molecule has 0 amide bonds. The summed E-state index contributed by atoms with van der Waals surface area (Å²) < 4.78 is 14.4. The number of halogens is 1. The summed E-state index contributed by atoms with van der Waals surface area (Å²) in [6.07, 6.45) is 1.55. The van der Waals surface area contributed by atoms with Gasteiger partial charge >= 0.3 is 0 Å². The fourth-order valence-electron chi connectivity index (χ4n) is 1.38. The van der Waals surface area contributed by atoms with Gasteiger partial charge < -0.3 is 5.11 Å². The number of hydrogen-bond donors (Lipinski definition) is 1. The zero-order valence-corrected chi connectivity index (χ0v) is 8.84. The van der Waals surface area contributed by atoms with Crippen LogP contribution in [0, 0.1) is 5.82 Å². The quantitative estimate of drug-likeness (QED) is 0.860. The van der Waals surface area contributed by atoms with Crippen molar-refractivity contribution in [1.82, 2.24) is 15.0 Å². The predicted octanol–water partition coefficient (Wildman–Crippen LogP) is 1.85. The number of aromatic nitrogens is 3. The lowest BCUT2D eigenvalue weighted by atomic mass is 10.2. The maximum atomic E-state index is 13.0. The first-order chi connectivity index (χ1) is 7.70. The van der Waals surface area contributed by atoms with Crippen LogP contribution in [-0.4, -0.2) is 20.1 Å². The van der Waals surface area contributed by atoms with E-state index in [9.17, 15) is 9.50 Å². The molecule has 0 aliphatic rings. The van der Waals surface area contributed by atoms with E-state index < -0.39 is 6.10 Å². The second kappa shape index (κ2) is 4.40. The summed E-state index contributed by atoms with van der Waals surface area (Å²) in [6.45, 7) is 1.85. The Morgan fingerprint density at radius 3 is 3.00 bits per heavy atom. The van der Waals surface area contributed by atoms with E-state index in [2.05, 4.69) is 10.3 Å². The van der Waals surface area contributed by atoms with Crippen molar-refractivity contribution in [2.75, 3.05) is 0 Å². The molecule has 1 unspecified atom stereocenters.